The van der Waals surface area contributed by atoms with E-state index < -0.39 is 11.5 Å². The number of ether oxygens (including phenoxy) is 2. The molecule has 1 aromatic heterocycles. The average Bonchev–Trinajstić information content (AvgIpc) is 2.63. The van der Waals surface area contributed by atoms with Crippen LogP contribution in [-0.2, 0) is 11.3 Å². The van der Waals surface area contributed by atoms with Gasteiger partial charge in [-0.15, -0.1) is 0 Å². The van der Waals surface area contributed by atoms with E-state index in [0.717, 1.165) is 5.69 Å². The Morgan fingerprint density at radius 3 is 2.45 bits per heavy atom. The number of piperidine rings is 2. The molecule has 162 valence electrons. The number of pyridine rings is 1. The first-order valence-electron chi connectivity index (χ1n) is 10.3. The third kappa shape index (κ3) is 6.80. The molecule has 0 bridgehead atoms. The molecule has 0 aromatic carbocycles. The van der Waals surface area contributed by atoms with E-state index in [1.165, 1.54) is 0 Å². The maximum Gasteiger partial charge on any atom is 0.410 e. The molecule has 8 heteroatoms. The fourth-order valence-electron chi connectivity index (χ4n) is 3.53. The van der Waals surface area contributed by atoms with Gasteiger partial charge < -0.3 is 14.4 Å². The highest BCUT2D eigenvalue weighted by Crippen LogP contribution is 2.28. The van der Waals surface area contributed by atoms with Crippen LogP contribution >= 0.6 is 0 Å². The fourth-order valence-corrected chi connectivity index (χ4v) is 3.53. The van der Waals surface area contributed by atoms with Crippen LogP contribution in [0.3, 0.4) is 0 Å². The van der Waals surface area contributed by atoms with Gasteiger partial charge in [0.2, 0.25) is 5.88 Å². The number of hydrogen-bond donors (Lipinski definition) is 0. The minimum absolute atomic E-state index is 0.00915. The monoisotopic (exact) mass is 411 g/mol. The van der Waals surface area contributed by atoms with E-state index in [1.807, 2.05) is 43.9 Å². The zero-order valence-corrected chi connectivity index (χ0v) is 17.5. The second-order valence-corrected chi connectivity index (χ2v) is 8.88. The van der Waals surface area contributed by atoms with Crippen molar-refractivity contribution < 1.29 is 23.0 Å². The summed E-state index contributed by atoms with van der Waals surface area (Å²) in [6.45, 7) is 8.04. The lowest BCUT2D eigenvalue weighted by atomic mass is 10.1. The molecule has 6 nitrogen and oxygen atoms in total. The summed E-state index contributed by atoms with van der Waals surface area (Å²) in [6.07, 6.45) is 0.936. The van der Waals surface area contributed by atoms with Gasteiger partial charge in [-0.25, -0.2) is 18.6 Å². The normalized spacial score (nSPS) is 21.1. The van der Waals surface area contributed by atoms with Gasteiger partial charge in [0.25, 0.3) is 5.92 Å². The minimum Gasteiger partial charge on any atom is -0.474 e. The molecular formula is C21H31F2N3O3. The van der Waals surface area contributed by atoms with Crippen LogP contribution in [0.4, 0.5) is 13.6 Å². The molecule has 2 saturated heterocycles. The molecule has 0 N–H and O–H groups in total. The molecule has 0 radical (unpaired) electrons. The molecule has 1 amide bonds. The van der Waals surface area contributed by atoms with Crippen molar-refractivity contribution in [2.45, 2.75) is 70.6 Å². The lowest BCUT2D eigenvalue weighted by molar-refractivity contribution is -0.0569. The van der Waals surface area contributed by atoms with Crippen LogP contribution in [0.15, 0.2) is 18.2 Å². The molecule has 0 unspecified atom stereocenters. The minimum atomic E-state index is -2.54. The summed E-state index contributed by atoms with van der Waals surface area (Å²) >= 11 is 0. The Kier molecular flexibility index (Phi) is 6.61. The summed E-state index contributed by atoms with van der Waals surface area (Å²) in [7, 11) is 0. The van der Waals surface area contributed by atoms with Gasteiger partial charge in [0.05, 0.1) is 5.69 Å². The smallest absolute Gasteiger partial charge is 0.410 e. The predicted octanol–water partition coefficient (Wildman–Crippen LogP) is 4.09. The Hall–Kier alpha value is -1.96. The van der Waals surface area contributed by atoms with E-state index in [-0.39, 0.29) is 25.0 Å². The average molecular weight is 411 g/mol. The Morgan fingerprint density at radius 2 is 1.83 bits per heavy atom. The van der Waals surface area contributed by atoms with Gasteiger partial charge in [-0.05, 0) is 26.8 Å². The SMILES string of the molecule is CC(C)(C)OC(=O)N1CCC(Oc2cccc(CN3CCC(F)(F)CC3)n2)CC1. The lowest BCUT2D eigenvalue weighted by Gasteiger charge is -2.33. The summed E-state index contributed by atoms with van der Waals surface area (Å²) in [6, 6.07) is 5.59. The zero-order chi connectivity index (χ0) is 21.1. The molecule has 2 aliphatic heterocycles. The van der Waals surface area contributed by atoms with Crippen molar-refractivity contribution in [3.63, 3.8) is 0 Å². The largest absolute Gasteiger partial charge is 0.474 e. The molecule has 1 aromatic rings. The van der Waals surface area contributed by atoms with Crippen molar-refractivity contribution in [3.8, 4) is 5.88 Å². The van der Waals surface area contributed by atoms with Gasteiger partial charge in [-0.2, -0.15) is 0 Å². The summed E-state index contributed by atoms with van der Waals surface area (Å²) in [5.41, 5.74) is 0.317. The third-order valence-corrected chi connectivity index (χ3v) is 5.14. The number of rotatable bonds is 4. The molecule has 0 saturated carbocycles. The van der Waals surface area contributed by atoms with Gasteiger partial charge in [0, 0.05) is 64.5 Å². The summed E-state index contributed by atoms with van der Waals surface area (Å²) < 4.78 is 38.0. The first kappa shape index (κ1) is 21.7. The van der Waals surface area contributed by atoms with Crippen LogP contribution in [-0.4, -0.2) is 64.7 Å². The number of amides is 1. The molecule has 0 atom stereocenters. The number of likely N-dealkylation sites (tertiary alicyclic amines) is 2. The van der Waals surface area contributed by atoms with Gasteiger partial charge >= 0.3 is 6.09 Å². The molecule has 2 fully saturated rings. The number of nitrogens with zero attached hydrogens (tertiary/aromatic N) is 3. The first-order chi connectivity index (χ1) is 13.6. The molecular weight excluding hydrogens is 380 g/mol. The topological polar surface area (TPSA) is 54.9 Å². The van der Waals surface area contributed by atoms with Crippen LogP contribution in [0, 0.1) is 0 Å². The maximum absolute atomic E-state index is 13.3. The van der Waals surface area contributed by atoms with Crippen molar-refractivity contribution in [3.05, 3.63) is 23.9 Å². The van der Waals surface area contributed by atoms with Crippen molar-refractivity contribution in [1.29, 1.82) is 0 Å². The number of hydrogen-bond acceptors (Lipinski definition) is 5. The highest BCUT2D eigenvalue weighted by Gasteiger charge is 2.34. The van der Waals surface area contributed by atoms with Crippen molar-refractivity contribution >= 4 is 6.09 Å². The van der Waals surface area contributed by atoms with Gasteiger partial charge in [-0.1, -0.05) is 6.07 Å². The van der Waals surface area contributed by atoms with Gasteiger partial charge in [0.15, 0.2) is 0 Å². The Bertz CT molecular complexity index is 691. The fraction of sp³-hybridized carbons (Fsp3) is 0.714. The van der Waals surface area contributed by atoms with Gasteiger partial charge in [-0.3, -0.25) is 4.90 Å². The first-order valence-corrected chi connectivity index (χ1v) is 10.3. The van der Waals surface area contributed by atoms with Crippen molar-refractivity contribution in [2.75, 3.05) is 26.2 Å². The summed E-state index contributed by atoms with van der Waals surface area (Å²) in [5, 5.41) is 0. The quantitative estimate of drug-likeness (QED) is 0.747. The predicted molar refractivity (Wildman–Crippen MR) is 105 cm³/mol. The maximum atomic E-state index is 13.3. The second-order valence-electron chi connectivity index (χ2n) is 8.88. The lowest BCUT2D eigenvalue weighted by Crippen LogP contribution is -2.44. The highest BCUT2D eigenvalue weighted by molar-refractivity contribution is 5.68. The van der Waals surface area contributed by atoms with Crippen LogP contribution in [0.1, 0.15) is 52.1 Å². The number of halogens is 2. The van der Waals surface area contributed by atoms with E-state index in [1.54, 1.807) is 4.90 Å². The van der Waals surface area contributed by atoms with Gasteiger partial charge in [0.1, 0.15) is 11.7 Å². The molecule has 29 heavy (non-hydrogen) atoms. The number of alkyl halides is 2. The number of carbonyl (C=O) groups is 1. The van der Waals surface area contributed by atoms with E-state index in [9.17, 15) is 13.6 Å². The van der Waals surface area contributed by atoms with Crippen molar-refractivity contribution in [2.24, 2.45) is 0 Å². The molecule has 0 aliphatic carbocycles. The van der Waals surface area contributed by atoms with E-state index in [2.05, 4.69) is 4.98 Å². The van der Waals surface area contributed by atoms with Crippen LogP contribution in [0.25, 0.3) is 0 Å². The van der Waals surface area contributed by atoms with Crippen LogP contribution in [0.5, 0.6) is 5.88 Å². The highest BCUT2D eigenvalue weighted by atomic mass is 19.3. The molecule has 0 spiro atoms. The zero-order valence-electron chi connectivity index (χ0n) is 17.5. The Morgan fingerprint density at radius 1 is 1.17 bits per heavy atom. The molecule has 3 heterocycles. The summed E-state index contributed by atoms with van der Waals surface area (Å²) in [5.74, 6) is -2.00. The van der Waals surface area contributed by atoms with E-state index in [4.69, 9.17) is 9.47 Å². The molecule has 2 aliphatic rings. The van der Waals surface area contributed by atoms with E-state index in [0.29, 0.717) is 51.4 Å². The van der Waals surface area contributed by atoms with Crippen molar-refractivity contribution in [1.82, 2.24) is 14.8 Å². The summed E-state index contributed by atoms with van der Waals surface area (Å²) in [4.78, 5) is 20.4. The Balaban J connectivity index is 1.47. The number of carbonyl (C=O) groups excluding carboxylic acids is 1. The third-order valence-electron chi connectivity index (χ3n) is 5.14. The van der Waals surface area contributed by atoms with Crippen LogP contribution in [0.2, 0.25) is 0 Å². The van der Waals surface area contributed by atoms with E-state index >= 15 is 0 Å². The number of aromatic nitrogens is 1. The Labute approximate surface area is 171 Å². The molecule has 3 rings (SSSR count). The van der Waals surface area contributed by atoms with Crippen LogP contribution < -0.4 is 4.74 Å². The standard InChI is InChI=1S/C21H31F2N3O3/c1-20(2,3)29-19(27)26-11-7-17(8-12-26)28-18-6-4-5-16(24-18)15-25-13-9-21(22,23)10-14-25/h4-6,17H,7-15H2,1-3H3. The second kappa shape index (κ2) is 8.81.